The molecule has 0 saturated heterocycles. The Morgan fingerprint density at radius 3 is 1.96 bits per heavy atom. The monoisotopic (exact) mass is 642 g/mol. The second-order valence-corrected chi connectivity index (χ2v) is 12.5. The molecule has 1 atom stereocenters. The van der Waals surface area contributed by atoms with Crippen LogP contribution in [0.25, 0.3) is 22.3 Å². The Bertz CT molecular complexity index is 2030. The lowest BCUT2D eigenvalue weighted by Crippen LogP contribution is -2.14. The molecule has 8 rings (SSSR count). The molecular formula is C42H31BrN2. The summed E-state index contributed by atoms with van der Waals surface area (Å²) in [6.45, 7) is 0. The van der Waals surface area contributed by atoms with Gasteiger partial charge in [0.05, 0.1) is 5.69 Å². The van der Waals surface area contributed by atoms with Crippen molar-refractivity contribution in [1.29, 1.82) is 0 Å². The largest absolute Gasteiger partial charge is 0.313 e. The van der Waals surface area contributed by atoms with Crippen molar-refractivity contribution in [2.24, 2.45) is 0 Å². The Balaban J connectivity index is 1.22. The minimum absolute atomic E-state index is 0.379. The summed E-state index contributed by atoms with van der Waals surface area (Å²) in [5, 5.41) is 0. The summed E-state index contributed by atoms with van der Waals surface area (Å²) in [5.41, 5.74) is 13.3. The van der Waals surface area contributed by atoms with Gasteiger partial charge in [0.15, 0.2) is 0 Å². The minimum Gasteiger partial charge on any atom is -0.313 e. The van der Waals surface area contributed by atoms with Crippen LogP contribution in [0.3, 0.4) is 0 Å². The molecule has 1 aliphatic heterocycles. The van der Waals surface area contributed by atoms with Gasteiger partial charge in [-0.25, -0.2) is 0 Å². The molecule has 6 aromatic carbocycles. The summed E-state index contributed by atoms with van der Waals surface area (Å²) in [7, 11) is 0. The topological polar surface area (TPSA) is 6.48 Å². The molecule has 0 bridgehead atoms. The maximum atomic E-state index is 3.87. The van der Waals surface area contributed by atoms with Crippen LogP contribution in [0.15, 0.2) is 180 Å². The average molecular weight is 644 g/mol. The first kappa shape index (κ1) is 27.4. The number of para-hydroxylation sites is 2. The van der Waals surface area contributed by atoms with Crippen LogP contribution in [0.1, 0.15) is 17.9 Å². The summed E-state index contributed by atoms with van der Waals surface area (Å²) < 4.78 is 1.04. The molecule has 6 aromatic rings. The molecule has 1 unspecified atom stereocenters. The van der Waals surface area contributed by atoms with E-state index in [1.54, 1.807) is 0 Å². The van der Waals surface area contributed by atoms with Crippen LogP contribution in [-0.4, -0.2) is 0 Å². The Morgan fingerprint density at radius 2 is 1.20 bits per heavy atom. The smallest absolute Gasteiger partial charge is 0.0503 e. The average Bonchev–Trinajstić information content (AvgIpc) is 3.43. The fourth-order valence-corrected chi connectivity index (χ4v) is 7.16. The van der Waals surface area contributed by atoms with Crippen molar-refractivity contribution in [2.45, 2.75) is 12.3 Å². The highest BCUT2D eigenvalue weighted by Crippen LogP contribution is 2.51. The number of hydrogen-bond acceptors (Lipinski definition) is 2. The van der Waals surface area contributed by atoms with E-state index < -0.39 is 0 Å². The second-order valence-electron chi connectivity index (χ2n) is 11.5. The molecule has 1 heterocycles. The number of allylic oxidation sites excluding steroid dienone is 4. The molecule has 0 radical (unpaired) electrons. The number of benzene rings is 6. The Kier molecular flexibility index (Phi) is 7.17. The van der Waals surface area contributed by atoms with Crippen molar-refractivity contribution in [3.63, 3.8) is 0 Å². The Morgan fingerprint density at radius 1 is 0.556 bits per heavy atom. The summed E-state index contributed by atoms with van der Waals surface area (Å²) in [6, 6.07) is 54.5. The number of anilines is 5. The normalized spacial score (nSPS) is 14.9. The van der Waals surface area contributed by atoms with Gasteiger partial charge in [0.2, 0.25) is 0 Å². The predicted octanol–water partition coefficient (Wildman–Crippen LogP) is 12.3. The van der Waals surface area contributed by atoms with E-state index in [1.165, 1.54) is 44.9 Å². The SMILES string of the molecule is Brc1cc(-c2ccc3c(c2)N(c2ccccc2)C2=CC=CCC23)cc(N(c2ccccc2)c2ccc(-c3ccccc3)cc2)c1. The lowest BCUT2D eigenvalue weighted by Gasteiger charge is -2.27. The molecule has 0 aromatic heterocycles. The van der Waals surface area contributed by atoms with Gasteiger partial charge in [0.1, 0.15) is 0 Å². The molecule has 2 aliphatic rings. The molecule has 45 heavy (non-hydrogen) atoms. The van der Waals surface area contributed by atoms with Crippen molar-refractivity contribution >= 4 is 44.4 Å². The van der Waals surface area contributed by atoms with Crippen LogP contribution >= 0.6 is 15.9 Å². The molecule has 0 fully saturated rings. The second kappa shape index (κ2) is 11.8. The van der Waals surface area contributed by atoms with Gasteiger partial charge in [-0.2, -0.15) is 0 Å². The number of rotatable bonds is 6. The molecule has 0 saturated carbocycles. The minimum atomic E-state index is 0.379. The highest BCUT2D eigenvalue weighted by Gasteiger charge is 2.35. The lowest BCUT2D eigenvalue weighted by atomic mass is 9.91. The fourth-order valence-electron chi connectivity index (χ4n) is 6.68. The highest BCUT2D eigenvalue weighted by molar-refractivity contribution is 9.10. The van der Waals surface area contributed by atoms with Gasteiger partial charge in [0.25, 0.3) is 0 Å². The quantitative estimate of drug-likeness (QED) is 0.178. The van der Waals surface area contributed by atoms with Gasteiger partial charge in [-0.3, -0.25) is 0 Å². The van der Waals surface area contributed by atoms with Gasteiger partial charge < -0.3 is 9.80 Å². The van der Waals surface area contributed by atoms with E-state index in [0.717, 1.165) is 28.0 Å². The number of halogens is 1. The summed E-state index contributed by atoms with van der Waals surface area (Å²) in [5.74, 6) is 0.379. The molecular weight excluding hydrogens is 612 g/mol. The third kappa shape index (κ3) is 5.20. The maximum absolute atomic E-state index is 3.87. The van der Waals surface area contributed by atoms with E-state index in [1.807, 2.05) is 0 Å². The van der Waals surface area contributed by atoms with Gasteiger partial charge in [0, 0.05) is 38.8 Å². The maximum Gasteiger partial charge on any atom is 0.0503 e. The van der Waals surface area contributed by atoms with Crippen LogP contribution < -0.4 is 9.80 Å². The zero-order chi connectivity index (χ0) is 30.2. The van der Waals surface area contributed by atoms with E-state index in [2.05, 4.69) is 196 Å². The van der Waals surface area contributed by atoms with Crippen LogP contribution in [0.4, 0.5) is 28.4 Å². The van der Waals surface area contributed by atoms with Gasteiger partial charge in [-0.05, 0) is 101 Å². The van der Waals surface area contributed by atoms with E-state index in [4.69, 9.17) is 0 Å². The van der Waals surface area contributed by atoms with Crippen molar-refractivity contribution in [2.75, 3.05) is 9.80 Å². The molecule has 0 spiro atoms. The van der Waals surface area contributed by atoms with E-state index in [0.29, 0.717) is 5.92 Å². The third-order valence-corrected chi connectivity index (χ3v) is 9.23. The molecule has 0 amide bonds. The van der Waals surface area contributed by atoms with E-state index in [-0.39, 0.29) is 0 Å². The predicted molar refractivity (Wildman–Crippen MR) is 193 cm³/mol. The number of hydrogen-bond donors (Lipinski definition) is 0. The number of nitrogens with zero attached hydrogens (tertiary/aromatic N) is 2. The van der Waals surface area contributed by atoms with Crippen molar-refractivity contribution < 1.29 is 0 Å². The highest BCUT2D eigenvalue weighted by atomic mass is 79.9. The van der Waals surface area contributed by atoms with Crippen molar-refractivity contribution in [3.05, 3.63) is 186 Å². The Hall–Kier alpha value is -5.12. The first-order chi connectivity index (χ1) is 22.2. The lowest BCUT2D eigenvalue weighted by molar-refractivity contribution is 0.819. The fraction of sp³-hybridized carbons (Fsp3) is 0.0476. The first-order valence-electron chi connectivity index (χ1n) is 15.4. The van der Waals surface area contributed by atoms with Crippen LogP contribution in [-0.2, 0) is 0 Å². The van der Waals surface area contributed by atoms with Gasteiger partial charge in [-0.15, -0.1) is 0 Å². The van der Waals surface area contributed by atoms with E-state index in [9.17, 15) is 0 Å². The molecule has 1 aliphatic carbocycles. The number of fused-ring (bicyclic) bond motifs is 3. The van der Waals surface area contributed by atoms with Gasteiger partial charge in [-0.1, -0.05) is 119 Å². The van der Waals surface area contributed by atoms with Crippen molar-refractivity contribution in [3.8, 4) is 22.3 Å². The molecule has 3 heteroatoms. The molecule has 216 valence electrons. The zero-order valence-electron chi connectivity index (χ0n) is 24.7. The summed E-state index contributed by atoms with van der Waals surface area (Å²) in [6.07, 6.45) is 7.78. The van der Waals surface area contributed by atoms with Crippen LogP contribution in [0.5, 0.6) is 0 Å². The Labute approximate surface area is 273 Å². The standard InChI is InChI=1S/C42H31BrN2/c43-34-26-33(32-22-25-40-39-18-10-11-19-41(39)45(42(40)28-32)36-16-8-3-9-17-36)27-38(29-34)44(35-14-6-2-7-15-35)37-23-20-31(21-24-37)30-12-4-1-5-13-30/h1-17,19-29,39H,18H2. The van der Waals surface area contributed by atoms with Crippen LogP contribution in [0, 0.1) is 0 Å². The third-order valence-electron chi connectivity index (χ3n) is 8.77. The van der Waals surface area contributed by atoms with Gasteiger partial charge >= 0.3 is 0 Å². The summed E-state index contributed by atoms with van der Waals surface area (Å²) >= 11 is 3.87. The first-order valence-corrected chi connectivity index (χ1v) is 16.2. The van der Waals surface area contributed by atoms with Crippen molar-refractivity contribution in [1.82, 2.24) is 0 Å². The molecule has 2 nitrogen and oxygen atoms in total. The van der Waals surface area contributed by atoms with Crippen LogP contribution in [0.2, 0.25) is 0 Å². The summed E-state index contributed by atoms with van der Waals surface area (Å²) in [4.78, 5) is 4.77. The zero-order valence-corrected chi connectivity index (χ0v) is 26.3. The molecule has 0 N–H and O–H groups in total. The van der Waals surface area contributed by atoms with E-state index >= 15 is 0 Å².